The molecule has 0 amide bonds. The zero-order valence-electron chi connectivity index (χ0n) is 10.2. The summed E-state index contributed by atoms with van der Waals surface area (Å²) in [5.41, 5.74) is 1.98. The molecule has 0 atom stereocenters. The van der Waals surface area contributed by atoms with E-state index < -0.39 is 0 Å². The standard InChI is InChI=1S/C12H22N2O/c1-5-6-7-14-12(15)10(4)11(13-14)8-9(2)3/h9,15H,5-8H2,1-4H3. The highest BCUT2D eigenvalue weighted by Crippen LogP contribution is 2.22. The molecule has 3 heteroatoms. The minimum absolute atomic E-state index is 0.346. The van der Waals surface area contributed by atoms with E-state index in [9.17, 15) is 5.11 Å². The average molecular weight is 210 g/mol. The van der Waals surface area contributed by atoms with Crippen molar-refractivity contribution in [1.29, 1.82) is 0 Å². The van der Waals surface area contributed by atoms with Crippen LogP contribution in [0.3, 0.4) is 0 Å². The highest BCUT2D eigenvalue weighted by molar-refractivity contribution is 5.29. The highest BCUT2D eigenvalue weighted by Gasteiger charge is 2.13. The maximum atomic E-state index is 9.86. The second-order valence-electron chi connectivity index (χ2n) is 4.57. The second-order valence-corrected chi connectivity index (χ2v) is 4.57. The van der Waals surface area contributed by atoms with Gasteiger partial charge in [-0.25, -0.2) is 4.68 Å². The Balaban J connectivity index is 2.81. The fourth-order valence-electron chi connectivity index (χ4n) is 1.64. The van der Waals surface area contributed by atoms with Crippen LogP contribution in [-0.2, 0) is 13.0 Å². The fraction of sp³-hybridized carbons (Fsp3) is 0.750. The lowest BCUT2D eigenvalue weighted by molar-refractivity contribution is 0.390. The van der Waals surface area contributed by atoms with Crippen LogP contribution in [0.4, 0.5) is 0 Å². The Labute approximate surface area is 92.1 Å². The van der Waals surface area contributed by atoms with Gasteiger partial charge in [0.15, 0.2) is 0 Å². The zero-order valence-corrected chi connectivity index (χ0v) is 10.2. The van der Waals surface area contributed by atoms with Crippen molar-refractivity contribution >= 4 is 0 Å². The van der Waals surface area contributed by atoms with Crippen LogP contribution in [0.2, 0.25) is 0 Å². The van der Waals surface area contributed by atoms with Crippen molar-refractivity contribution in [3.63, 3.8) is 0 Å². The Hall–Kier alpha value is -0.990. The molecule has 0 radical (unpaired) electrons. The summed E-state index contributed by atoms with van der Waals surface area (Å²) in [7, 11) is 0. The molecule has 0 aliphatic heterocycles. The molecule has 0 saturated carbocycles. The minimum Gasteiger partial charge on any atom is -0.493 e. The van der Waals surface area contributed by atoms with Crippen LogP contribution in [0.1, 0.15) is 44.9 Å². The first-order chi connectivity index (χ1) is 7.06. The van der Waals surface area contributed by atoms with Crippen LogP contribution in [0.15, 0.2) is 0 Å². The number of nitrogens with zero attached hydrogens (tertiary/aromatic N) is 2. The van der Waals surface area contributed by atoms with E-state index in [-0.39, 0.29) is 0 Å². The van der Waals surface area contributed by atoms with Crippen molar-refractivity contribution in [2.75, 3.05) is 0 Å². The van der Waals surface area contributed by atoms with Crippen molar-refractivity contribution in [2.45, 2.75) is 53.5 Å². The zero-order chi connectivity index (χ0) is 11.4. The second kappa shape index (κ2) is 5.19. The lowest BCUT2D eigenvalue weighted by Crippen LogP contribution is -2.01. The molecule has 1 N–H and O–H groups in total. The van der Waals surface area contributed by atoms with E-state index in [1.54, 1.807) is 4.68 Å². The van der Waals surface area contributed by atoms with E-state index in [2.05, 4.69) is 25.9 Å². The van der Waals surface area contributed by atoms with Crippen LogP contribution in [-0.4, -0.2) is 14.9 Å². The van der Waals surface area contributed by atoms with Crippen molar-refractivity contribution < 1.29 is 5.11 Å². The van der Waals surface area contributed by atoms with Gasteiger partial charge in [0.1, 0.15) is 0 Å². The third-order valence-electron chi connectivity index (χ3n) is 2.58. The van der Waals surface area contributed by atoms with Crippen LogP contribution in [0.25, 0.3) is 0 Å². The lowest BCUT2D eigenvalue weighted by atomic mass is 10.1. The monoisotopic (exact) mass is 210 g/mol. The molecule has 1 aromatic heterocycles. The summed E-state index contributed by atoms with van der Waals surface area (Å²) in [5, 5.41) is 14.3. The summed E-state index contributed by atoms with van der Waals surface area (Å²) >= 11 is 0. The number of aromatic hydroxyl groups is 1. The molecule has 15 heavy (non-hydrogen) atoms. The molecule has 1 heterocycles. The number of aromatic nitrogens is 2. The van der Waals surface area contributed by atoms with Crippen LogP contribution in [0.5, 0.6) is 5.88 Å². The van der Waals surface area contributed by atoms with Crippen LogP contribution >= 0.6 is 0 Å². The van der Waals surface area contributed by atoms with E-state index in [1.165, 1.54) is 0 Å². The van der Waals surface area contributed by atoms with E-state index in [4.69, 9.17) is 0 Å². The average Bonchev–Trinajstić information content (AvgIpc) is 2.42. The fourth-order valence-corrected chi connectivity index (χ4v) is 1.64. The summed E-state index contributed by atoms with van der Waals surface area (Å²) in [6.07, 6.45) is 3.13. The predicted molar refractivity (Wildman–Crippen MR) is 62.1 cm³/mol. The molecule has 0 unspecified atom stereocenters. The van der Waals surface area contributed by atoms with Crippen molar-refractivity contribution in [1.82, 2.24) is 9.78 Å². The largest absolute Gasteiger partial charge is 0.493 e. The molecule has 0 bridgehead atoms. The first-order valence-corrected chi connectivity index (χ1v) is 5.81. The molecular formula is C12H22N2O. The molecule has 0 saturated heterocycles. The molecule has 0 aliphatic rings. The summed E-state index contributed by atoms with van der Waals surface area (Å²) < 4.78 is 1.73. The van der Waals surface area contributed by atoms with Crippen LogP contribution in [0, 0.1) is 12.8 Å². The van der Waals surface area contributed by atoms with Gasteiger partial charge in [0.2, 0.25) is 5.88 Å². The Morgan fingerprint density at radius 2 is 2.07 bits per heavy atom. The van der Waals surface area contributed by atoms with E-state index in [0.717, 1.165) is 37.1 Å². The number of rotatable bonds is 5. The first-order valence-electron chi connectivity index (χ1n) is 5.81. The van der Waals surface area contributed by atoms with Crippen molar-refractivity contribution in [2.24, 2.45) is 5.92 Å². The van der Waals surface area contributed by atoms with Gasteiger partial charge in [0, 0.05) is 12.1 Å². The SMILES string of the molecule is CCCCn1nc(CC(C)C)c(C)c1O. The van der Waals surface area contributed by atoms with Gasteiger partial charge in [0.25, 0.3) is 0 Å². The van der Waals surface area contributed by atoms with Gasteiger partial charge in [-0.3, -0.25) is 0 Å². The van der Waals surface area contributed by atoms with E-state index in [1.807, 2.05) is 6.92 Å². The molecule has 1 aromatic rings. The Bertz CT molecular complexity index is 316. The molecule has 0 aliphatic carbocycles. The quantitative estimate of drug-likeness (QED) is 0.811. The molecule has 0 aromatic carbocycles. The van der Waals surface area contributed by atoms with Crippen molar-refractivity contribution in [3.8, 4) is 5.88 Å². The van der Waals surface area contributed by atoms with Gasteiger partial charge < -0.3 is 5.11 Å². The highest BCUT2D eigenvalue weighted by atomic mass is 16.3. The van der Waals surface area contributed by atoms with Crippen LogP contribution < -0.4 is 0 Å². The number of hydrogen-bond donors (Lipinski definition) is 1. The van der Waals surface area contributed by atoms with Gasteiger partial charge >= 0.3 is 0 Å². The predicted octanol–water partition coefficient (Wildman–Crippen LogP) is 2.90. The maximum absolute atomic E-state index is 9.86. The summed E-state index contributed by atoms with van der Waals surface area (Å²) in [5.74, 6) is 0.928. The molecule has 1 rings (SSSR count). The Morgan fingerprint density at radius 1 is 1.40 bits per heavy atom. The van der Waals surface area contributed by atoms with Gasteiger partial charge in [-0.1, -0.05) is 27.2 Å². The van der Waals surface area contributed by atoms with Gasteiger partial charge in [-0.05, 0) is 25.7 Å². The van der Waals surface area contributed by atoms with Crippen molar-refractivity contribution in [3.05, 3.63) is 11.3 Å². The molecule has 0 fully saturated rings. The normalized spacial score (nSPS) is 11.3. The summed E-state index contributed by atoms with van der Waals surface area (Å²) in [6.45, 7) is 9.25. The summed E-state index contributed by atoms with van der Waals surface area (Å²) in [6, 6.07) is 0. The molecule has 86 valence electrons. The minimum atomic E-state index is 0.346. The molecular weight excluding hydrogens is 188 g/mol. The van der Waals surface area contributed by atoms with E-state index in [0.29, 0.717) is 11.8 Å². The number of unbranched alkanes of at least 4 members (excludes halogenated alkanes) is 1. The first kappa shape index (κ1) is 12.1. The summed E-state index contributed by atoms with van der Waals surface area (Å²) in [4.78, 5) is 0. The van der Waals surface area contributed by atoms with Gasteiger partial charge in [0.05, 0.1) is 5.69 Å². The third-order valence-corrected chi connectivity index (χ3v) is 2.58. The topological polar surface area (TPSA) is 38.0 Å². The Morgan fingerprint density at radius 3 is 2.60 bits per heavy atom. The Kier molecular flexibility index (Phi) is 4.18. The van der Waals surface area contributed by atoms with E-state index >= 15 is 0 Å². The van der Waals surface area contributed by atoms with Gasteiger partial charge in [-0.2, -0.15) is 5.10 Å². The number of hydrogen-bond acceptors (Lipinski definition) is 2. The third kappa shape index (κ3) is 2.98. The van der Waals surface area contributed by atoms with Gasteiger partial charge in [-0.15, -0.1) is 0 Å². The molecule has 3 nitrogen and oxygen atoms in total. The number of aryl methyl sites for hydroxylation is 1. The molecule has 0 spiro atoms. The lowest BCUT2D eigenvalue weighted by Gasteiger charge is -2.01. The smallest absolute Gasteiger partial charge is 0.212 e. The maximum Gasteiger partial charge on any atom is 0.212 e.